The molecule has 1 N–H and O–H groups in total. The van der Waals surface area contributed by atoms with Crippen LogP contribution in [0, 0.1) is 10.1 Å². The predicted molar refractivity (Wildman–Crippen MR) is 52.0 cm³/mol. The van der Waals surface area contributed by atoms with E-state index in [4.69, 9.17) is 4.74 Å². The molecule has 0 fully saturated rings. The van der Waals surface area contributed by atoms with E-state index in [1.165, 1.54) is 0 Å². The second-order valence-corrected chi connectivity index (χ2v) is 2.95. The summed E-state index contributed by atoms with van der Waals surface area (Å²) < 4.78 is 4.77. The van der Waals surface area contributed by atoms with E-state index in [0.717, 1.165) is 0 Å². The van der Waals surface area contributed by atoms with E-state index in [1.54, 1.807) is 25.3 Å². The first kappa shape index (κ1) is 11.2. The summed E-state index contributed by atoms with van der Waals surface area (Å²) in [4.78, 5) is 24.1. The number of esters is 1. The molecule has 0 aromatic carbocycles. The molecule has 0 saturated heterocycles. The van der Waals surface area contributed by atoms with E-state index in [1.807, 2.05) is 0 Å². The molecule has 6 heteroatoms. The molecule has 1 aromatic heterocycles. The second-order valence-electron chi connectivity index (χ2n) is 2.95. The van der Waals surface area contributed by atoms with Crippen molar-refractivity contribution in [1.29, 1.82) is 0 Å². The molecule has 0 amide bonds. The highest BCUT2D eigenvalue weighted by Gasteiger charge is 2.28. The smallest absolute Gasteiger partial charge is 0.321 e. The van der Waals surface area contributed by atoms with E-state index in [9.17, 15) is 14.9 Å². The number of rotatable bonds is 5. The lowest BCUT2D eigenvalue weighted by Gasteiger charge is -2.09. The van der Waals surface area contributed by atoms with Crippen LogP contribution >= 0.6 is 0 Å². The first-order chi connectivity index (χ1) is 7.15. The summed E-state index contributed by atoms with van der Waals surface area (Å²) >= 11 is 0. The van der Waals surface area contributed by atoms with Crippen LogP contribution in [0.15, 0.2) is 18.3 Å². The van der Waals surface area contributed by atoms with Gasteiger partial charge < -0.3 is 9.72 Å². The fraction of sp³-hybridized carbons (Fsp3) is 0.444. The van der Waals surface area contributed by atoms with Crippen LogP contribution < -0.4 is 0 Å². The van der Waals surface area contributed by atoms with Gasteiger partial charge in [-0.15, -0.1) is 0 Å². The fourth-order valence-electron chi connectivity index (χ4n) is 1.25. The molecule has 1 heterocycles. The van der Waals surface area contributed by atoms with E-state index in [2.05, 4.69) is 4.98 Å². The van der Waals surface area contributed by atoms with Gasteiger partial charge in [-0.05, 0) is 19.1 Å². The van der Waals surface area contributed by atoms with Crippen molar-refractivity contribution in [2.75, 3.05) is 13.2 Å². The molecule has 1 aromatic rings. The number of H-pyrrole nitrogens is 1. The first-order valence-corrected chi connectivity index (χ1v) is 4.57. The number of carbonyl (C=O) groups is 1. The Morgan fingerprint density at radius 2 is 2.47 bits per heavy atom. The maximum absolute atomic E-state index is 11.4. The number of hydrogen-bond donors (Lipinski definition) is 1. The SMILES string of the molecule is CCOC(=O)C(C[N+](=O)[O-])c1ccc[nH]1. The molecular weight excluding hydrogens is 200 g/mol. The quantitative estimate of drug-likeness (QED) is 0.447. The number of hydrogen-bond acceptors (Lipinski definition) is 4. The van der Waals surface area contributed by atoms with Gasteiger partial charge in [0.15, 0.2) is 5.92 Å². The highest BCUT2D eigenvalue weighted by molar-refractivity contribution is 5.77. The summed E-state index contributed by atoms with van der Waals surface area (Å²) in [5.41, 5.74) is 0.505. The topological polar surface area (TPSA) is 85.2 Å². The monoisotopic (exact) mass is 212 g/mol. The minimum Gasteiger partial charge on any atom is -0.465 e. The van der Waals surface area contributed by atoms with Gasteiger partial charge in [0.05, 0.1) is 6.61 Å². The Balaban J connectivity index is 2.78. The number of nitrogens with zero attached hydrogens (tertiary/aromatic N) is 1. The van der Waals surface area contributed by atoms with E-state index >= 15 is 0 Å². The standard InChI is InChI=1S/C9H12N2O4/c1-2-15-9(12)7(6-11(13)14)8-4-3-5-10-8/h3-5,7,10H,2,6H2,1H3. The van der Waals surface area contributed by atoms with Crippen LogP contribution in [0.4, 0.5) is 0 Å². The predicted octanol–water partition coefficient (Wildman–Crippen LogP) is 0.938. The Kier molecular flexibility index (Phi) is 3.84. The zero-order valence-corrected chi connectivity index (χ0v) is 8.30. The Labute approximate surface area is 86.4 Å². The molecule has 1 rings (SSSR count). The Morgan fingerprint density at radius 3 is 2.93 bits per heavy atom. The number of nitro groups is 1. The van der Waals surface area contributed by atoms with Crippen molar-refractivity contribution < 1.29 is 14.5 Å². The van der Waals surface area contributed by atoms with Crippen molar-refractivity contribution in [1.82, 2.24) is 4.98 Å². The molecule has 0 radical (unpaired) electrons. The van der Waals surface area contributed by atoms with Crippen molar-refractivity contribution in [3.8, 4) is 0 Å². The molecule has 0 bridgehead atoms. The molecule has 6 nitrogen and oxygen atoms in total. The van der Waals surface area contributed by atoms with Crippen LogP contribution in [-0.4, -0.2) is 29.0 Å². The normalized spacial score (nSPS) is 12.1. The van der Waals surface area contributed by atoms with Crippen molar-refractivity contribution in [3.63, 3.8) is 0 Å². The molecule has 0 spiro atoms. The molecule has 0 saturated carbocycles. The van der Waals surface area contributed by atoms with Gasteiger partial charge in [0, 0.05) is 16.8 Å². The van der Waals surface area contributed by atoms with Crippen molar-refractivity contribution >= 4 is 5.97 Å². The molecule has 0 aliphatic heterocycles. The summed E-state index contributed by atoms with van der Waals surface area (Å²) in [6.45, 7) is 1.42. The third-order valence-electron chi connectivity index (χ3n) is 1.90. The lowest BCUT2D eigenvalue weighted by Crippen LogP contribution is -2.23. The number of aromatic amines is 1. The maximum Gasteiger partial charge on any atom is 0.321 e. The number of ether oxygens (including phenoxy) is 1. The zero-order chi connectivity index (χ0) is 11.3. The molecule has 1 unspecified atom stereocenters. The second kappa shape index (κ2) is 5.14. The lowest BCUT2D eigenvalue weighted by molar-refractivity contribution is -0.481. The average Bonchev–Trinajstić information content (AvgIpc) is 2.66. The van der Waals surface area contributed by atoms with Gasteiger partial charge in [0.2, 0.25) is 6.54 Å². The van der Waals surface area contributed by atoms with Crippen LogP contribution in [0.2, 0.25) is 0 Å². The largest absolute Gasteiger partial charge is 0.465 e. The summed E-state index contributed by atoms with van der Waals surface area (Å²) in [5.74, 6) is -1.42. The van der Waals surface area contributed by atoms with Crippen LogP contribution in [0.1, 0.15) is 18.5 Å². The number of carbonyl (C=O) groups excluding carboxylic acids is 1. The summed E-state index contributed by atoms with van der Waals surface area (Å²) in [6.07, 6.45) is 1.61. The van der Waals surface area contributed by atoms with E-state index in [-0.39, 0.29) is 6.61 Å². The van der Waals surface area contributed by atoms with Gasteiger partial charge in [-0.2, -0.15) is 0 Å². The van der Waals surface area contributed by atoms with Crippen LogP contribution in [0.3, 0.4) is 0 Å². The molecule has 0 aliphatic carbocycles. The third kappa shape index (κ3) is 3.08. The molecule has 82 valence electrons. The number of aromatic nitrogens is 1. The van der Waals surface area contributed by atoms with Gasteiger partial charge in [0.25, 0.3) is 0 Å². The fourth-order valence-corrected chi connectivity index (χ4v) is 1.25. The summed E-state index contributed by atoms with van der Waals surface area (Å²) in [5, 5.41) is 10.4. The highest BCUT2D eigenvalue weighted by Crippen LogP contribution is 2.15. The summed E-state index contributed by atoms with van der Waals surface area (Å²) in [7, 11) is 0. The van der Waals surface area contributed by atoms with E-state index < -0.39 is 23.4 Å². The van der Waals surface area contributed by atoms with E-state index in [0.29, 0.717) is 5.69 Å². The van der Waals surface area contributed by atoms with Gasteiger partial charge in [-0.25, -0.2) is 0 Å². The zero-order valence-electron chi connectivity index (χ0n) is 8.30. The van der Waals surface area contributed by atoms with Crippen LogP contribution in [-0.2, 0) is 9.53 Å². The Hall–Kier alpha value is -1.85. The van der Waals surface area contributed by atoms with Crippen molar-refractivity contribution in [3.05, 3.63) is 34.1 Å². The van der Waals surface area contributed by atoms with Crippen molar-refractivity contribution in [2.45, 2.75) is 12.8 Å². The Bertz CT molecular complexity index is 334. The Morgan fingerprint density at radius 1 is 1.73 bits per heavy atom. The maximum atomic E-state index is 11.4. The van der Waals surface area contributed by atoms with Crippen LogP contribution in [0.5, 0.6) is 0 Å². The van der Waals surface area contributed by atoms with Crippen LogP contribution in [0.25, 0.3) is 0 Å². The third-order valence-corrected chi connectivity index (χ3v) is 1.90. The highest BCUT2D eigenvalue weighted by atomic mass is 16.6. The number of nitrogens with one attached hydrogen (secondary N) is 1. The molecule has 15 heavy (non-hydrogen) atoms. The van der Waals surface area contributed by atoms with Crippen molar-refractivity contribution in [2.24, 2.45) is 0 Å². The van der Waals surface area contributed by atoms with Gasteiger partial charge in [-0.1, -0.05) is 0 Å². The van der Waals surface area contributed by atoms with Gasteiger partial charge in [-0.3, -0.25) is 14.9 Å². The average molecular weight is 212 g/mol. The summed E-state index contributed by atoms with van der Waals surface area (Å²) in [6, 6.07) is 3.31. The van der Waals surface area contributed by atoms with Gasteiger partial charge in [0.1, 0.15) is 0 Å². The molecule has 0 aliphatic rings. The lowest BCUT2D eigenvalue weighted by atomic mass is 10.1. The minimum atomic E-state index is -0.852. The molecule has 1 atom stereocenters. The minimum absolute atomic E-state index is 0.216. The first-order valence-electron chi connectivity index (χ1n) is 4.57. The van der Waals surface area contributed by atoms with Gasteiger partial charge >= 0.3 is 5.97 Å². The molecular formula is C9H12N2O4.